The van der Waals surface area contributed by atoms with Gasteiger partial charge in [-0.2, -0.15) is 0 Å². The Bertz CT molecular complexity index is 689. The smallest absolute Gasteiger partial charge is 0.317 e. The normalized spacial score (nSPS) is 21.0. The molecule has 0 bridgehead atoms. The maximum absolute atomic E-state index is 12.6. The van der Waals surface area contributed by atoms with Crippen LogP contribution >= 0.6 is 0 Å². The minimum Gasteiger partial charge on any atom is -0.335 e. The van der Waals surface area contributed by atoms with Gasteiger partial charge in [-0.25, -0.2) is 4.79 Å². The van der Waals surface area contributed by atoms with Crippen molar-refractivity contribution in [1.29, 1.82) is 0 Å². The van der Waals surface area contributed by atoms with Gasteiger partial charge in [0.1, 0.15) is 0 Å². The van der Waals surface area contributed by atoms with Gasteiger partial charge in [0.25, 0.3) is 0 Å². The summed E-state index contributed by atoms with van der Waals surface area (Å²) >= 11 is 0. The summed E-state index contributed by atoms with van der Waals surface area (Å²) in [7, 11) is 0. The summed E-state index contributed by atoms with van der Waals surface area (Å²) in [5.41, 5.74) is 3.71. The number of benzene rings is 1. The second kappa shape index (κ2) is 8.32. The van der Waals surface area contributed by atoms with Crippen molar-refractivity contribution in [2.24, 2.45) is 5.92 Å². The van der Waals surface area contributed by atoms with Gasteiger partial charge < -0.3 is 15.5 Å². The molecule has 2 aliphatic carbocycles. The Morgan fingerprint density at radius 3 is 2.41 bits per heavy atom. The van der Waals surface area contributed by atoms with Crippen LogP contribution in [0.25, 0.3) is 0 Å². The lowest BCUT2D eigenvalue weighted by Crippen LogP contribution is -2.49. The lowest BCUT2D eigenvalue weighted by atomic mass is 9.95. The van der Waals surface area contributed by atoms with Gasteiger partial charge in [0.2, 0.25) is 5.91 Å². The number of fused-ring (bicyclic) bond motifs is 1. The molecule has 0 aromatic heterocycles. The zero-order valence-electron chi connectivity index (χ0n) is 16.1. The molecule has 146 valence electrons. The number of nitrogens with one attached hydrogen (secondary N) is 2. The summed E-state index contributed by atoms with van der Waals surface area (Å²) in [4.78, 5) is 27.0. The summed E-state index contributed by atoms with van der Waals surface area (Å²) in [6.45, 7) is 1.33. The molecule has 1 aromatic rings. The summed E-state index contributed by atoms with van der Waals surface area (Å²) in [5, 5.41) is 6.28. The highest BCUT2D eigenvalue weighted by atomic mass is 16.2. The van der Waals surface area contributed by atoms with Gasteiger partial charge >= 0.3 is 6.03 Å². The first-order valence-electron chi connectivity index (χ1n) is 10.7. The van der Waals surface area contributed by atoms with Gasteiger partial charge in [0.05, 0.1) is 0 Å². The van der Waals surface area contributed by atoms with Crippen LogP contribution in [-0.2, 0) is 17.6 Å². The van der Waals surface area contributed by atoms with E-state index in [0.717, 1.165) is 44.2 Å². The number of nitrogens with zero attached hydrogens (tertiary/aromatic N) is 1. The van der Waals surface area contributed by atoms with Gasteiger partial charge in [0.15, 0.2) is 0 Å². The monoisotopic (exact) mass is 369 g/mol. The standard InChI is InChI=1S/C22H31N3O2/c26-21(23-20-10-9-16-5-4-6-18(16)15-20)17-11-13-25(14-12-17)22(27)24-19-7-2-1-3-8-19/h9-10,15,17,19H,1-8,11-14H2,(H,23,26)(H,24,27). The van der Waals surface area contributed by atoms with Crippen LogP contribution in [0.15, 0.2) is 18.2 Å². The van der Waals surface area contributed by atoms with E-state index in [1.165, 1.54) is 36.8 Å². The van der Waals surface area contributed by atoms with Crippen molar-refractivity contribution in [2.45, 2.75) is 70.3 Å². The molecule has 3 aliphatic rings. The van der Waals surface area contributed by atoms with Crippen molar-refractivity contribution in [3.05, 3.63) is 29.3 Å². The molecule has 1 saturated carbocycles. The molecule has 0 spiro atoms. The third kappa shape index (κ3) is 4.45. The number of likely N-dealkylation sites (tertiary alicyclic amines) is 1. The first kappa shape index (κ1) is 18.3. The van der Waals surface area contributed by atoms with Crippen LogP contribution in [0.4, 0.5) is 10.5 Å². The van der Waals surface area contributed by atoms with E-state index in [-0.39, 0.29) is 17.9 Å². The van der Waals surface area contributed by atoms with Gasteiger partial charge in [0, 0.05) is 30.7 Å². The Morgan fingerprint density at radius 2 is 1.63 bits per heavy atom. The molecule has 2 N–H and O–H groups in total. The summed E-state index contributed by atoms with van der Waals surface area (Å²) in [6.07, 6.45) is 10.9. The van der Waals surface area contributed by atoms with E-state index in [9.17, 15) is 9.59 Å². The molecule has 1 aliphatic heterocycles. The molecular formula is C22H31N3O2. The predicted molar refractivity (Wildman–Crippen MR) is 107 cm³/mol. The highest BCUT2D eigenvalue weighted by Crippen LogP contribution is 2.26. The topological polar surface area (TPSA) is 61.4 Å². The van der Waals surface area contributed by atoms with Crippen molar-refractivity contribution < 1.29 is 9.59 Å². The SMILES string of the molecule is O=C(Nc1ccc2c(c1)CCC2)C1CCN(C(=O)NC2CCCCC2)CC1. The Hall–Kier alpha value is -2.04. The number of urea groups is 1. The number of amides is 3. The molecule has 1 aromatic carbocycles. The number of rotatable bonds is 3. The molecular weight excluding hydrogens is 338 g/mol. The fourth-order valence-corrected chi connectivity index (χ4v) is 4.75. The fraction of sp³-hybridized carbons (Fsp3) is 0.636. The molecule has 1 heterocycles. The zero-order chi connectivity index (χ0) is 18.6. The molecule has 4 rings (SSSR count). The van der Waals surface area contributed by atoms with Crippen LogP contribution in [-0.4, -0.2) is 36.0 Å². The van der Waals surface area contributed by atoms with Crippen LogP contribution in [0.2, 0.25) is 0 Å². The highest BCUT2D eigenvalue weighted by molar-refractivity contribution is 5.93. The second-order valence-corrected chi connectivity index (χ2v) is 8.37. The molecule has 3 amide bonds. The lowest BCUT2D eigenvalue weighted by molar-refractivity contribution is -0.121. The van der Waals surface area contributed by atoms with Crippen molar-refractivity contribution in [3.63, 3.8) is 0 Å². The van der Waals surface area contributed by atoms with E-state index < -0.39 is 0 Å². The minimum absolute atomic E-state index is 0.00279. The minimum atomic E-state index is -0.00279. The van der Waals surface area contributed by atoms with Crippen molar-refractivity contribution in [3.8, 4) is 0 Å². The van der Waals surface area contributed by atoms with E-state index in [1.807, 2.05) is 11.0 Å². The fourth-order valence-electron chi connectivity index (χ4n) is 4.75. The van der Waals surface area contributed by atoms with Crippen LogP contribution in [0.5, 0.6) is 0 Å². The molecule has 2 fully saturated rings. The Morgan fingerprint density at radius 1 is 0.889 bits per heavy atom. The number of piperidine rings is 1. The molecule has 1 saturated heterocycles. The summed E-state index contributed by atoms with van der Waals surface area (Å²) in [5.74, 6) is 0.0947. The van der Waals surface area contributed by atoms with E-state index >= 15 is 0 Å². The zero-order valence-corrected chi connectivity index (χ0v) is 16.1. The average Bonchev–Trinajstić information content (AvgIpc) is 3.16. The maximum Gasteiger partial charge on any atom is 0.317 e. The van der Waals surface area contributed by atoms with Crippen LogP contribution < -0.4 is 10.6 Å². The lowest BCUT2D eigenvalue weighted by Gasteiger charge is -2.33. The Balaban J connectivity index is 1.24. The third-order valence-corrected chi connectivity index (χ3v) is 6.45. The number of hydrogen-bond donors (Lipinski definition) is 2. The van der Waals surface area contributed by atoms with Crippen molar-refractivity contribution in [2.75, 3.05) is 18.4 Å². The summed E-state index contributed by atoms with van der Waals surface area (Å²) in [6, 6.07) is 6.70. The molecule has 0 unspecified atom stereocenters. The van der Waals surface area contributed by atoms with Gasteiger partial charge in [-0.1, -0.05) is 25.3 Å². The first-order valence-corrected chi connectivity index (χ1v) is 10.7. The van der Waals surface area contributed by atoms with Crippen molar-refractivity contribution >= 4 is 17.6 Å². The number of aryl methyl sites for hydroxylation is 2. The first-order chi connectivity index (χ1) is 13.2. The maximum atomic E-state index is 12.6. The number of carbonyl (C=O) groups excluding carboxylic acids is 2. The second-order valence-electron chi connectivity index (χ2n) is 8.37. The molecule has 0 atom stereocenters. The van der Waals surface area contributed by atoms with Crippen LogP contribution in [0, 0.1) is 5.92 Å². The summed E-state index contributed by atoms with van der Waals surface area (Å²) < 4.78 is 0. The van der Waals surface area contributed by atoms with Crippen molar-refractivity contribution in [1.82, 2.24) is 10.2 Å². The van der Waals surface area contributed by atoms with Gasteiger partial charge in [-0.3, -0.25) is 4.79 Å². The third-order valence-electron chi connectivity index (χ3n) is 6.45. The molecule has 5 heteroatoms. The Labute approximate surface area is 161 Å². The highest BCUT2D eigenvalue weighted by Gasteiger charge is 2.28. The van der Waals surface area contributed by atoms with E-state index in [0.29, 0.717) is 19.1 Å². The van der Waals surface area contributed by atoms with Gasteiger partial charge in [-0.05, 0) is 68.2 Å². The number of anilines is 1. The molecule has 5 nitrogen and oxygen atoms in total. The van der Waals surface area contributed by atoms with E-state index in [4.69, 9.17) is 0 Å². The average molecular weight is 370 g/mol. The quantitative estimate of drug-likeness (QED) is 0.850. The largest absolute Gasteiger partial charge is 0.335 e. The number of hydrogen-bond acceptors (Lipinski definition) is 2. The van der Waals surface area contributed by atoms with Crippen LogP contribution in [0.3, 0.4) is 0 Å². The predicted octanol–water partition coefficient (Wildman–Crippen LogP) is 3.87. The molecule has 0 radical (unpaired) electrons. The van der Waals surface area contributed by atoms with Crippen LogP contribution in [0.1, 0.15) is 62.5 Å². The Kier molecular flexibility index (Phi) is 5.65. The number of carbonyl (C=O) groups is 2. The van der Waals surface area contributed by atoms with E-state index in [1.54, 1.807) is 0 Å². The van der Waals surface area contributed by atoms with E-state index in [2.05, 4.69) is 22.8 Å². The van der Waals surface area contributed by atoms with Gasteiger partial charge in [-0.15, -0.1) is 0 Å². The molecule has 27 heavy (non-hydrogen) atoms.